The van der Waals surface area contributed by atoms with Crippen molar-refractivity contribution in [3.05, 3.63) is 10.1 Å². The maximum Gasteiger partial charge on any atom is 0.271 e. The van der Waals surface area contributed by atoms with E-state index in [1.165, 1.54) is 0 Å². The molecule has 14 heavy (non-hydrogen) atoms. The molecule has 1 rings (SSSR count). The highest BCUT2D eigenvalue weighted by Gasteiger charge is 2.50. The highest BCUT2D eigenvalue weighted by atomic mass is 16.7. The van der Waals surface area contributed by atoms with Gasteiger partial charge in [0.25, 0.3) is 6.04 Å². The maximum absolute atomic E-state index is 10.4. The molecule has 0 aromatic heterocycles. The van der Waals surface area contributed by atoms with Gasteiger partial charge in [-0.3, -0.25) is 10.1 Å². The van der Waals surface area contributed by atoms with Crippen molar-refractivity contribution in [2.75, 3.05) is 6.61 Å². The van der Waals surface area contributed by atoms with Crippen LogP contribution in [0.5, 0.6) is 0 Å². The summed E-state index contributed by atoms with van der Waals surface area (Å²) in [7, 11) is 0. The lowest BCUT2D eigenvalue weighted by molar-refractivity contribution is -0.564. The highest BCUT2D eigenvalue weighted by Crippen LogP contribution is 2.21. The quantitative estimate of drug-likeness (QED) is 0.282. The first-order valence-corrected chi connectivity index (χ1v) is 3.93. The van der Waals surface area contributed by atoms with Crippen molar-refractivity contribution in [1.29, 1.82) is 0 Å². The van der Waals surface area contributed by atoms with E-state index in [1.54, 1.807) is 0 Å². The summed E-state index contributed by atoms with van der Waals surface area (Å²) in [6, 6.07) is -1.75. The van der Waals surface area contributed by atoms with E-state index in [4.69, 9.17) is 15.3 Å². The first-order valence-electron chi connectivity index (χ1n) is 3.93. The Morgan fingerprint density at radius 3 is 2.29 bits per heavy atom. The van der Waals surface area contributed by atoms with Crippen LogP contribution in [0.4, 0.5) is 0 Å². The first kappa shape index (κ1) is 11.3. The van der Waals surface area contributed by atoms with Crippen LogP contribution in [0, 0.1) is 10.1 Å². The van der Waals surface area contributed by atoms with Gasteiger partial charge in [0.1, 0.15) is 6.10 Å². The van der Waals surface area contributed by atoms with E-state index in [2.05, 4.69) is 4.74 Å². The number of aliphatic hydroxyl groups is 4. The van der Waals surface area contributed by atoms with Crippen molar-refractivity contribution in [2.45, 2.75) is 30.6 Å². The molecular weight excluding hydrogens is 198 g/mol. The van der Waals surface area contributed by atoms with Gasteiger partial charge in [0.05, 0.1) is 6.61 Å². The number of ether oxygens (including phenoxy) is 1. The van der Waals surface area contributed by atoms with E-state index >= 15 is 0 Å². The summed E-state index contributed by atoms with van der Waals surface area (Å²) >= 11 is 0. The summed E-state index contributed by atoms with van der Waals surface area (Å²) in [5, 5.41) is 46.5. The van der Waals surface area contributed by atoms with E-state index < -0.39 is 42.2 Å². The summed E-state index contributed by atoms with van der Waals surface area (Å²) in [4.78, 5) is 9.51. The summed E-state index contributed by atoms with van der Waals surface area (Å²) in [6.07, 6.45) is -6.48. The number of rotatable bonds is 2. The molecule has 82 valence electrons. The lowest BCUT2D eigenvalue weighted by Crippen LogP contribution is -2.61. The molecule has 1 saturated heterocycles. The standard InChI is InChI=1S/C6H11NO7/c8-1-2-4(9)3(7(12)13)5(10)6(11)14-2/h2-6,8-11H,1H2/t2-,3+,4+,5-,6+/m1/s1. The second-order valence-electron chi connectivity index (χ2n) is 3.00. The Morgan fingerprint density at radius 2 is 1.86 bits per heavy atom. The van der Waals surface area contributed by atoms with Gasteiger partial charge < -0.3 is 25.2 Å². The summed E-state index contributed by atoms with van der Waals surface area (Å²) < 4.78 is 4.54. The Morgan fingerprint density at radius 1 is 1.29 bits per heavy atom. The number of hydrogen-bond acceptors (Lipinski definition) is 7. The molecule has 4 N–H and O–H groups in total. The average molecular weight is 209 g/mol. The van der Waals surface area contributed by atoms with Crippen molar-refractivity contribution < 1.29 is 30.1 Å². The monoisotopic (exact) mass is 209 g/mol. The zero-order valence-corrected chi connectivity index (χ0v) is 7.05. The first-order chi connectivity index (χ1) is 6.49. The fourth-order valence-electron chi connectivity index (χ4n) is 1.33. The van der Waals surface area contributed by atoms with Crippen LogP contribution in [0.1, 0.15) is 0 Å². The van der Waals surface area contributed by atoms with Crippen molar-refractivity contribution in [3.63, 3.8) is 0 Å². The maximum atomic E-state index is 10.4. The van der Waals surface area contributed by atoms with Crippen LogP contribution in [0.2, 0.25) is 0 Å². The van der Waals surface area contributed by atoms with E-state index in [-0.39, 0.29) is 0 Å². The van der Waals surface area contributed by atoms with Crippen molar-refractivity contribution in [2.24, 2.45) is 0 Å². The van der Waals surface area contributed by atoms with Crippen LogP contribution in [0.25, 0.3) is 0 Å². The second-order valence-corrected chi connectivity index (χ2v) is 3.00. The minimum absolute atomic E-state index is 0.671. The third kappa shape index (κ3) is 1.83. The number of nitro groups is 1. The molecule has 5 atom stereocenters. The van der Waals surface area contributed by atoms with Gasteiger partial charge in [-0.05, 0) is 0 Å². The van der Waals surface area contributed by atoms with Gasteiger partial charge in [-0.2, -0.15) is 0 Å². The van der Waals surface area contributed by atoms with Crippen LogP contribution in [-0.4, -0.2) is 62.6 Å². The smallest absolute Gasteiger partial charge is 0.271 e. The molecule has 1 heterocycles. The lowest BCUT2D eigenvalue weighted by atomic mass is 9.97. The Kier molecular flexibility index (Phi) is 3.34. The SMILES string of the molecule is O=[N+]([O-])[C@@H]1[C@@H](O)[C@@H](O)O[C@H](CO)[C@@H]1O. The molecule has 0 aromatic carbocycles. The molecule has 0 unspecified atom stereocenters. The van der Waals surface area contributed by atoms with Gasteiger partial charge in [-0.1, -0.05) is 0 Å². The topological polar surface area (TPSA) is 133 Å². The molecule has 1 fully saturated rings. The number of aliphatic hydroxyl groups excluding tert-OH is 4. The second kappa shape index (κ2) is 4.15. The van der Waals surface area contributed by atoms with Crippen LogP contribution in [-0.2, 0) is 4.74 Å². The minimum Gasteiger partial charge on any atom is -0.394 e. The Labute approximate surface area is 78.5 Å². The van der Waals surface area contributed by atoms with Gasteiger partial charge in [-0.25, -0.2) is 0 Å². The predicted octanol–water partition coefficient (Wildman–Crippen LogP) is -2.94. The molecular formula is C6H11NO7. The third-order valence-electron chi connectivity index (χ3n) is 2.11. The zero-order chi connectivity index (χ0) is 10.9. The molecule has 0 spiro atoms. The summed E-state index contributed by atoms with van der Waals surface area (Å²) in [5.74, 6) is 0. The Hall–Kier alpha value is -0.800. The van der Waals surface area contributed by atoms with E-state index in [1.807, 2.05) is 0 Å². The van der Waals surface area contributed by atoms with E-state index in [0.717, 1.165) is 0 Å². The highest BCUT2D eigenvalue weighted by molar-refractivity contribution is 4.88. The summed E-state index contributed by atoms with van der Waals surface area (Å²) in [5.41, 5.74) is 0. The number of hydrogen-bond donors (Lipinski definition) is 4. The van der Waals surface area contributed by atoms with Crippen molar-refractivity contribution in [3.8, 4) is 0 Å². The van der Waals surface area contributed by atoms with Crippen molar-refractivity contribution in [1.82, 2.24) is 0 Å². The molecule has 0 aromatic rings. The zero-order valence-electron chi connectivity index (χ0n) is 7.05. The summed E-state index contributed by atoms with van der Waals surface area (Å²) in [6.45, 7) is -0.671. The van der Waals surface area contributed by atoms with Crippen LogP contribution >= 0.6 is 0 Å². The van der Waals surface area contributed by atoms with Crippen LogP contribution < -0.4 is 0 Å². The molecule has 0 radical (unpaired) electrons. The molecule has 1 aliphatic rings. The van der Waals surface area contributed by atoms with Gasteiger partial charge in [0.15, 0.2) is 18.5 Å². The average Bonchev–Trinajstić information content (AvgIpc) is 2.11. The lowest BCUT2D eigenvalue weighted by Gasteiger charge is -2.35. The van der Waals surface area contributed by atoms with E-state index in [0.29, 0.717) is 0 Å². The van der Waals surface area contributed by atoms with Gasteiger partial charge in [0, 0.05) is 4.92 Å². The molecule has 0 amide bonds. The number of nitrogens with zero attached hydrogens (tertiary/aromatic N) is 1. The molecule has 0 bridgehead atoms. The normalized spacial score (nSPS) is 43.6. The third-order valence-corrected chi connectivity index (χ3v) is 2.11. The molecule has 1 aliphatic heterocycles. The van der Waals surface area contributed by atoms with Gasteiger partial charge >= 0.3 is 0 Å². The van der Waals surface area contributed by atoms with Crippen LogP contribution in [0.15, 0.2) is 0 Å². The van der Waals surface area contributed by atoms with E-state index in [9.17, 15) is 15.2 Å². The molecule has 8 nitrogen and oxygen atoms in total. The fraction of sp³-hybridized carbons (Fsp3) is 1.00. The Balaban J connectivity index is 2.83. The van der Waals surface area contributed by atoms with Crippen molar-refractivity contribution >= 4 is 0 Å². The minimum atomic E-state index is -1.80. The molecule has 0 saturated carbocycles. The fourth-order valence-corrected chi connectivity index (χ4v) is 1.33. The van der Waals surface area contributed by atoms with Gasteiger partial charge in [-0.15, -0.1) is 0 Å². The molecule has 8 heteroatoms. The predicted molar refractivity (Wildman–Crippen MR) is 40.8 cm³/mol. The van der Waals surface area contributed by atoms with Gasteiger partial charge in [0.2, 0.25) is 0 Å². The Bertz CT molecular complexity index is 222. The molecule has 0 aliphatic carbocycles. The largest absolute Gasteiger partial charge is 0.394 e. The van der Waals surface area contributed by atoms with Crippen LogP contribution in [0.3, 0.4) is 0 Å².